The van der Waals surface area contributed by atoms with E-state index < -0.39 is 9.84 Å². The van der Waals surface area contributed by atoms with Crippen molar-refractivity contribution in [3.05, 3.63) is 83.7 Å². The normalized spacial score (nSPS) is 11.6. The molecule has 0 unspecified atom stereocenters. The van der Waals surface area contributed by atoms with Gasteiger partial charge in [-0.25, -0.2) is 13.4 Å². The number of benzene rings is 2. The first-order valence-electron chi connectivity index (χ1n) is 10.7. The zero-order valence-electron chi connectivity index (χ0n) is 18.6. The number of carbonyl (C=O) groups excluding carboxylic acids is 1. The predicted molar refractivity (Wildman–Crippen MR) is 132 cm³/mol. The Kier molecular flexibility index (Phi) is 6.85. The second-order valence-electron chi connectivity index (χ2n) is 7.94. The smallest absolute Gasteiger partial charge is 0.229 e. The zero-order chi connectivity index (χ0) is 23.4. The van der Waals surface area contributed by atoms with Crippen LogP contribution in [0.4, 0.5) is 5.13 Å². The lowest BCUT2D eigenvalue weighted by molar-refractivity contribution is -0.118. The van der Waals surface area contributed by atoms with Gasteiger partial charge in [-0.05, 0) is 67.8 Å². The van der Waals surface area contributed by atoms with E-state index in [0.29, 0.717) is 5.13 Å². The van der Waals surface area contributed by atoms with Crippen LogP contribution in [0.2, 0.25) is 0 Å². The Morgan fingerprint density at radius 2 is 1.73 bits per heavy atom. The average Bonchev–Trinajstić information content (AvgIpc) is 3.21. The van der Waals surface area contributed by atoms with Crippen molar-refractivity contribution in [3.63, 3.8) is 0 Å². The number of nitrogens with zero attached hydrogens (tertiary/aromatic N) is 3. The number of thiazole rings is 1. The van der Waals surface area contributed by atoms with E-state index in [1.54, 1.807) is 41.4 Å². The van der Waals surface area contributed by atoms with Gasteiger partial charge in [-0.3, -0.25) is 14.7 Å². The number of pyridine rings is 1. The molecule has 0 aliphatic carbocycles. The van der Waals surface area contributed by atoms with Gasteiger partial charge >= 0.3 is 0 Å². The lowest BCUT2D eigenvalue weighted by Gasteiger charge is -2.19. The topological polar surface area (TPSA) is 80.2 Å². The zero-order valence-corrected chi connectivity index (χ0v) is 20.2. The van der Waals surface area contributed by atoms with Gasteiger partial charge in [-0.2, -0.15) is 0 Å². The number of aromatic nitrogens is 2. The van der Waals surface area contributed by atoms with Gasteiger partial charge in [0.25, 0.3) is 0 Å². The second-order valence-corrected chi connectivity index (χ2v) is 11.1. The number of hydrogen-bond donors (Lipinski definition) is 0. The van der Waals surface area contributed by atoms with Crippen LogP contribution in [0.25, 0.3) is 10.2 Å². The van der Waals surface area contributed by atoms with Crippen molar-refractivity contribution in [1.29, 1.82) is 0 Å². The van der Waals surface area contributed by atoms with E-state index in [1.165, 1.54) is 16.9 Å². The number of rotatable bonds is 8. The summed E-state index contributed by atoms with van der Waals surface area (Å²) in [5.74, 6) is -0.255. The summed E-state index contributed by atoms with van der Waals surface area (Å²) in [5.41, 5.74) is 3.91. The largest absolute Gasteiger partial charge is 0.282 e. The summed E-state index contributed by atoms with van der Waals surface area (Å²) in [6, 6.07) is 18.0. The molecule has 0 spiro atoms. The third-order valence-corrected chi connectivity index (χ3v) is 8.33. The number of hydrogen-bond acceptors (Lipinski definition) is 6. The molecule has 0 fully saturated rings. The Bertz CT molecular complexity index is 1330. The van der Waals surface area contributed by atoms with E-state index in [4.69, 9.17) is 4.98 Å². The van der Waals surface area contributed by atoms with Crippen LogP contribution in [0.5, 0.6) is 0 Å². The third kappa shape index (κ3) is 5.46. The van der Waals surface area contributed by atoms with Crippen molar-refractivity contribution in [2.75, 3.05) is 10.7 Å². The van der Waals surface area contributed by atoms with Crippen LogP contribution >= 0.6 is 11.3 Å². The highest BCUT2D eigenvalue weighted by Gasteiger charge is 2.22. The molecule has 0 aliphatic heterocycles. The molecule has 2 heterocycles. The van der Waals surface area contributed by atoms with E-state index in [2.05, 4.69) is 18.0 Å². The van der Waals surface area contributed by atoms with Crippen LogP contribution in [0.3, 0.4) is 0 Å². The molecule has 0 atom stereocenters. The molecule has 6 nitrogen and oxygen atoms in total. The average molecular weight is 480 g/mol. The fraction of sp³-hybridized carbons (Fsp3) is 0.240. The molecule has 0 bridgehead atoms. The predicted octanol–water partition coefficient (Wildman–Crippen LogP) is 5.10. The Labute approximate surface area is 197 Å². The van der Waals surface area contributed by atoms with Crippen molar-refractivity contribution in [3.8, 4) is 0 Å². The minimum atomic E-state index is -3.43. The fourth-order valence-electron chi connectivity index (χ4n) is 3.49. The van der Waals surface area contributed by atoms with Crippen molar-refractivity contribution in [1.82, 2.24) is 9.97 Å². The van der Waals surface area contributed by atoms with Gasteiger partial charge in [-0.15, -0.1) is 0 Å². The molecular weight excluding hydrogens is 454 g/mol. The van der Waals surface area contributed by atoms with Crippen molar-refractivity contribution in [2.45, 2.75) is 38.1 Å². The first kappa shape index (κ1) is 23.1. The number of aryl methyl sites for hydroxylation is 2. The molecule has 4 rings (SSSR count). The van der Waals surface area contributed by atoms with Gasteiger partial charge in [0.2, 0.25) is 5.91 Å². The van der Waals surface area contributed by atoms with Gasteiger partial charge in [0, 0.05) is 12.6 Å². The number of carbonyl (C=O) groups is 1. The maximum absolute atomic E-state index is 13.3. The minimum absolute atomic E-state index is 0.0849. The lowest BCUT2D eigenvalue weighted by atomic mass is 10.1. The lowest BCUT2D eigenvalue weighted by Crippen LogP contribution is -2.30. The van der Waals surface area contributed by atoms with Crippen LogP contribution in [0, 0.1) is 13.8 Å². The highest BCUT2D eigenvalue weighted by Crippen LogP contribution is 2.32. The fourth-order valence-corrected chi connectivity index (χ4v) is 5.89. The minimum Gasteiger partial charge on any atom is -0.282 e. The van der Waals surface area contributed by atoms with Crippen LogP contribution in [0.15, 0.2) is 71.8 Å². The molecule has 170 valence electrons. The van der Waals surface area contributed by atoms with E-state index in [0.717, 1.165) is 21.5 Å². The molecule has 0 aliphatic rings. The SMILES string of the molecule is Cc1cc2nc(N(Cc3ccccn3)C(=O)CCCS(=O)(=O)c3ccccc3)sc2cc1C. The summed E-state index contributed by atoms with van der Waals surface area (Å²) in [6.45, 7) is 4.37. The van der Waals surface area contributed by atoms with Gasteiger partial charge in [0.1, 0.15) is 0 Å². The van der Waals surface area contributed by atoms with Crippen LogP contribution in [-0.2, 0) is 21.2 Å². The molecule has 0 radical (unpaired) electrons. The van der Waals surface area contributed by atoms with Gasteiger partial charge in [0.05, 0.1) is 33.1 Å². The number of amides is 1. The maximum Gasteiger partial charge on any atom is 0.229 e. The Hall–Kier alpha value is -3.10. The first-order chi connectivity index (χ1) is 15.8. The van der Waals surface area contributed by atoms with Gasteiger partial charge in [-0.1, -0.05) is 35.6 Å². The summed E-state index contributed by atoms with van der Waals surface area (Å²) in [6.07, 6.45) is 2.03. The molecule has 1 amide bonds. The van der Waals surface area contributed by atoms with E-state index in [9.17, 15) is 13.2 Å². The van der Waals surface area contributed by atoms with E-state index in [-0.39, 0.29) is 35.9 Å². The maximum atomic E-state index is 13.3. The highest BCUT2D eigenvalue weighted by molar-refractivity contribution is 7.91. The summed E-state index contributed by atoms with van der Waals surface area (Å²) in [7, 11) is -3.43. The third-order valence-electron chi connectivity index (χ3n) is 5.48. The summed E-state index contributed by atoms with van der Waals surface area (Å²) < 4.78 is 26.2. The Morgan fingerprint density at radius 1 is 1.00 bits per heavy atom. The molecule has 4 aromatic rings. The Morgan fingerprint density at radius 3 is 2.45 bits per heavy atom. The van der Waals surface area contributed by atoms with Crippen molar-refractivity contribution < 1.29 is 13.2 Å². The van der Waals surface area contributed by atoms with Crippen LogP contribution in [-0.4, -0.2) is 30.0 Å². The summed E-state index contributed by atoms with van der Waals surface area (Å²) in [5, 5.41) is 0.594. The quantitative estimate of drug-likeness (QED) is 0.351. The van der Waals surface area contributed by atoms with Crippen LogP contribution in [0.1, 0.15) is 29.7 Å². The molecule has 0 N–H and O–H groups in total. The number of fused-ring (bicyclic) bond motifs is 1. The van der Waals surface area contributed by atoms with Crippen LogP contribution < -0.4 is 4.90 Å². The highest BCUT2D eigenvalue weighted by atomic mass is 32.2. The van der Waals surface area contributed by atoms with Gasteiger partial charge < -0.3 is 0 Å². The summed E-state index contributed by atoms with van der Waals surface area (Å²) in [4.78, 5) is 24.2. The van der Waals surface area contributed by atoms with Crippen molar-refractivity contribution >= 4 is 42.4 Å². The summed E-state index contributed by atoms with van der Waals surface area (Å²) >= 11 is 1.46. The molecule has 0 saturated carbocycles. The Balaban J connectivity index is 1.55. The second kappa shape index (κ2) is 9.80. The molecule has 8 heteroatoms. The first-order valence-corrected chi connectivity index (χ1v) is 13.2. The standard InChI is InChI=1S/C25H25N3O3S2/c1-18-15-22-23(16-19(18)2)32-25(27-22)28(17-20-9-6-7-13-26-20)24(29)12-8-14-33(30,31)21-10-4-3-5-11-21/h3-7,9-11,13,15-16H,8,12,14,17H2,1-2H3. The van der Waals surface area contributed by atoms with E-state index >= 15 is 0 Å². The monoisotopic (exact) mass is 479 g/mol. The van der Waals surface area contributed by atoms with Crippen molar-refractivity contribution in [2.24, 2.45) is 0 Å². The van der Waals surface area contributed by atoms with Gasteiger partial charge in [0.15, 0.2) is 15.0 Å². The molecule has 2 aromatic carbocycles. The van der Waals surface area contributed by atoms with E-state index in [1.807, 2.05) is 31.2 Å². The molecule has 33 heavy (non-hydrogen) atoms. The molecule has 0 saturated heterocycles. The number of anilines is 1. The number of sulfone groups is 1. The molecular formula is C25H25N3O3S2. The molecule has 2 aromatic heterocycles.